The van der Waals surface area contributed by atoms with E-state index in [1.54, 1.807) is 38.1 Å². The largest absolute Gasteiger partial charge is 0.508 e. The molecule has 0 aliphatic heterocycles. The summed E-state index contributed by atoms with van der Waals surface area (Å²) in [5, 5.41) is 9.00. The van der Waals surface area contributed by atoms with Crippen molar-refractivity contribution in [2.75, 3.05) is 5.75 Å². The molecule has 1 N–H and O–H groups in total. The topological polar surface area (TPSA) is 20.2 Å². The fourth-order valence-electron chi connectivity index (χ4n) is 0.797. The van der Waals surface area contributed by atoms with Crippen LogP contribution in [0.5, 0.6) is 5.75 Å². The molecule has 0 aliphatic carbocycles. The number of benzene rings is 1. The minimum atomic E-state index is -1.15. The van der Waals surface area contributed by atoms with Crippen molar-refractivity contribution in [2.24, 2.45) is 0 Å². The second-order valence-electron chi connectivity index (χ2n) is 3.50. The summed E-state index contributed by atoms with van der Waals surface area (Å²) in [6.07, 6.45) is 0. The number of thioether (sulfide) groups is 1. The van der Waals surface area contributed by atoms with E-state index in [1.165, 1.54) is 11.8 Å². The van der Waals surface area contributed by atoms with Gasteiger partial charge in [0.1, 0.15) is 11.4 Å². The first-order chi connectivity index (χ1) is 5.97. The van der Waals surface area contributed by atoms with Gasteiger partial charge in [-0.15, -0.1) is 11.8 Å². The van der Waals surface area contributed by atoms with Crippen molar-refractivity contribution >= 4 is 11.8 Å². The molecule has 1 nitrogen and oxygen atoms in total. The van der Waals surface area contributed by atoms with Crippen LogP contribution in [0.2, 0.25) is 0 Å². The molecule has 0 heterocycles. The predicted octanol–water partition coefficient (Wildman–Crippen LogP) is 3.23. The van der Waals surface area contributed by atoms with Crippen molar-refractivity contribution in [1.82, 2.24) is 0 Å². The van der Waals surface area contributed by atoms with Gasteiger partial charge in [0.25, 0.3) is 0 Å². The lowest BCUT2D eigenvalue weighted by atomic mass is 10.2. The highest BCUT2D eigenvalue weighted by Gasteiger charge is 2.15. The van der Waals surface area contributed by atoms with Gasteiger partial charge >= 0.3 is 0 Å². The van der Waals surface area contributed by atoms with Crippen LogP contribution >= 0.6 is 11.8 Å². The van der Waals surface area contributed by atoms with E-state index in [9.17, 15) is 4.39 Å². The zero-order valence-electron chi connectivity index (χ0n) is 7.75. The van der Waals surface area contributed by atoms with Crippen molar-refractivity contribution in [1.29, 1.82) is 0 Å². The number of rotatable bonds is 3. The highest BCUT2D eigenvalue weighted by atomic mass is 32.2. The molecule has 0 bridgehead atoms. The normalized spacial score (nSPS) is 11.6. The molecule has 13 heavy (non-hydrogen) atoms. The van der Waals surface area contributed by atoms with Crippen LogP contribution in [0.4, 0.5) is 4.39 Å². The fourth-order valence-corrected chi connectivity index (χ4v) is 1.64. The number of halogens is 1. The highest BCUT2D eigenvalue weighted by molar-refractivity contribution is 7.99. The van der Waals surface area contributed by atoms with Gasteiger partial charge in [-0.3, -0.25) is 0 Å². The lowest BCUT2D eigenvalue weighted by Gasteiger charge is -2.12. The van der Waals surface area contributed by atoms with Crippen LogP contribution in [-0.4, -0.2) is 16.5 Å². The third-order valence-corrected chi connectivity index (χ3v) is 2.86. The Kier molecular flexibility index (Phi) is 3.20. The van der Waals surface area contributed by atoms with Crippen molar-refractivity contribution in [2.45, 2.75) is 24.4 Å². The van der Waals surface area contributed by atoms with Crippen LogP contribution < -0.4 is 0 Å². The summed E-state index contributed by atoms with van der Waals surface area (Å²) >= 11 is 1.45. The van der Waals surface area contributed by atoms with Crippen molar-refractivity contribution in [3.63, 3.8) is 0 Å². The molecule has 0 fully saturated rings. The maximum absolute atomic E-state index is 13.1. The van der Waals surface area contributed by atoms with Crippen LogP contribution in [0.25, 0.3) is 0 Å². The Morgan fingerprint density at radius 3 is 2.31 bits per heavy atom. The van der Waals surface area contributed by atoms with Gasteiger partial charge in [-0.05, 0) is 38.1 Å². The van der Waals surface area contributed by atoms with Crippen LogP contribution in [-0.2, 0) is 0 Å². The smallest absolute Gasteiger partial charge is 0.115 e. The molecule has 1 rings (SSSR count). The molecule has 3 heteroatoms. The van der Waals surface area contributed by atoms with E-state index in [4.69, 9.17) is 5.11 Å². The first kappa shape index (κ1) is 10.4. The summed E-state index contributed by atoms with van der Waals surface area (Å²) in [4.78, 5) is 0.975. The molecule has 0 aliphatic rings. The second kappa shape index (κ2) is 4.01. The van der Waals surface area contributed by atoms with Gasteiger partial charge in [-0.1, -0.05) is 0 Å². The lowest BCUT2D eigenvalue weighted by molar-refractivity contribution is 0.253. The van der Waals surface area contributed by atoms with E-state index in [0.717, 1.165) is 4.90 Å². The minimum absolute atomic E-state index is 0.240. The Balaban J connectivity index is 2.51. The standard InChI is InChI=1S/C10H13FOS/c1-10(2,11)7-13-9-5-3-8(12)4-6-9/h3-6,12H,7H2,1-2H3. The Bertz CT molecular complexity index is 263. The summed E-state index contributed by atoms with van der Waals surface area (Å²) in [6, 6.07) is 6.78. The van der Waals surface area contributed by atoms with E-state index in [2.05, 4.69) is 0 Å². The van der Waals surface area contributed by atoms with E-state index in [-0.39, 0.29) is 5.75 Å². The van der Waals surface area contributed by atoms with Crippen molar-refractivity contribution in [3.05, 3.63) is 24.3 Å². The van der Waals surface area contributed by atoms with Gasteiger partial charge in [-0.25, -0.2) is 4.39 Å². The average molecular weight is 200 g/mol. The maximum Gasteiger partial charge on any atom is 0.115 e. The Labute approximate surface area is 82.0 Å². The number of phenols is 1. The van der Waals surface area contributed by atoms with Crippen molar-refractivity contribution < 1.29 is 9.50 Å². The molecule has 0 aromatic heterocycles. The SMILES string of the molecule is CC(C)(F)CSc1ccc(O)cc1. The second-order valence-corrected chi connectivity index (χ2v) is 4.55. The number of hydrogen-bond donors (Lipinski definition) is 1. The number of alkyl halides is 1. The zero-order valence-corrected chi connectivity index (χ0v) is 8.57. The summed E-state index contributed by atoms with van der Waals surface area (Å²) in [5.74, 6) is 0.668. The summed E-state index contributed by atoms with van der Waals surface area (Å²) in [7, 11) is 0. The number of hydrogen-bond acceptors (Lipinski definition) is 2. The van der Waals surface area contributed by atoms with E-state index in [0.29, 0.717) is 5.75 Å². The van der Waals surface area contributed by atoms with E-state index < -0.39 is 5.67 Å². The quantitative estimate of drug-likeness (QED) is 0.756. The first-order valence-electron chi connectivity index (χ1n) is 4.08. The van der Waals surface area contributed by atoms with Crippen molar-refractivity contribution in [3.8, 4) is 5.75 Å². The predicted molar refractivity (Wildman–Crippen MR) is 54.0 cm³/mol. The molecule has 1 aromatic carbocycles. The van der Waals surface area contributed by atoms with Gasteiger partial charge in [0.15, 0.2) is 0 Å². The number of phenolic OH excluding ortho intramolecular Hbond substituents is 1. The molecule has 72 valence electrons. The summed E-state index contributed by atoms with van der Waals surface area (Å²) in [6.45, 7) is 3.11. The number of aromatic hydroxyl groups is 1. The van der Waals surface area contributed by atoms with E-state index >= 15 is 0 Å². The van der Waals surface area contributed by atoms with Gasteiger partial charge < -0.3 is 5.11 Å². The summed E-state index contributed by atoms with van der Waals surface area (Å²) < 4.78 is 13.1. The van der Waals surface area contributed by atoms with Crippen LogP contribution in [0.3, 0.4) is 0 Å². The Morgan fingerprint density at radius 1 is 1.31 bits per heavy atom. The maximum atomic E-state index is 13.1. The molecule has 0 saturated carbocycles. The van der Waals surface area contributed by atoms with Crippen LogP contribution in [0.1, 0.15) is 13.8 Å². The molecule has 0 unspecified atom stereocenters. The fraction of sp³-hybridized carbons (Fsp3) is 0.400. The average Bonchev–Trinajstić information content (AvgIpc) is 2.02. The third kappa shape index (κ3) is 4.18. The zero-order chi connectivity index (χ0) is 9.90. The van der Waals surface area contributed by atoms with Gasteiger partial charge in [0.05, 0.1) is 0 Å². The first-order valence-corrected chi connectivity index (χ1v) is 5.07. The molecule has 0 atom stereocenters. The third-order valence-electron chi connectivity index (χ3n) is 1.42. The molecular weight excluding hydrogens is 187 g/mol. The molecule has 0 saturated heterocycles. The van der Waals surface area contributed by atoms with Gasteiger partial charge in [0.2, 0.25) is 0 Å². The molecule has 1 aromatic rings. The lowest BCUT2D eigenvalue weighted by Crippen LogP contribution is -2.14. The Hall–Kier alpha value is -0.700. The minimum Gasteiger partial charge on any atom is -0.508 e. The highest BCUT2D eigenvalue weighted by Crippen LogP contribution is 2.25. The monoisotopic (exact) mass is 200 g/mol. The van der Waals surface area contributed by atoms with Gasteiger partial charge in [-0.2, -0.15) is 0 Å². The van der Waals surface area contributed by atoms with E-state index in [1.807, 2.05) is 0 Å². The molecule has 0 amide bonds. The van der Waals surface area contributed by atoms with Crippen LogP contribution in [0, 0.1) is 0 Å². The van der Waals surface area contributed by atoms with Gasteiger partial charge in [0, 0.05) is 10.6 Å². The Morgan fingerprint density at radius 2 is 1.85 bits per heavy atom. The molecule has 0 radical (unpaired) electrons. The summed E-state index contributed by atoms with van der Waals surface area (Å²) in [5.41, 5.74) is -1.15. The molecule has 0 spiro atoms. The molecular formula is C10H13FOS. The van der Waals surface area contributed by atoms with Crippen LogP contribution in [0.15, 0.2) is 29.2 Å².